The van der Waals surface area contributed by atoms with E-state index in [1.807, 2.05) is 11.8 Å². The molecule has 66 valence electrons. The van der Waals surface area contributed by atoms with Crippen LogP contribution in [0.25, 0.3) is 0 Å². The molecule has 11 heavy (non-hydrogen) atoms. The number of hydrogen-bond acceptors (Lipinski definition) is 3. The Balaban J connectivity index is 2.05. The molecule has 1 saturated heterocycles. The van der Waals surface area contributed by atoms with Crippen LogP contribution in [0.4, 0.5) is 0 Å². The van der Waals surface area contributed by atoms with E-state index in [4.69, 9.17) is 0 Å². The lowest BCUT2D eigenvalue weighted by Crippen LogP contribution is -2.20. The topological polar surface area (TPSA) is 32.3 Å². The van der Waals surface area contributed by atoms with Crippen molar-refractivity contribution in [1.29, 1.82) is 0 Å². The summed E-state index contributed by atoms with van der Waals surface area (Å²) in [5.41, 5.74) is 0. The highest BCUT2D eigenvalue weighted by molar-refractivity contribution is 8.00. The lowest BCUT2D eigenvalue weighted by Gasteiger charge is -2.11. The molecule has 0 aromatic carbocycles. The SMILES string of the molecule is CCCCSC1CNCC1O. The third-order valence-electron chi connectivity index (χ3n) is 1.96. The first-order valence-corrected chi connectivity index (χ1v) is 5.40. The second kappa shape index (κ2) is 5.01. The smallest absolute Gasteiger partial charge is 0.0795 e. The van der Waals surface area contributed by atoms with Gasteiger partial charge in [0.05, 0.1) is 6.10 Å². The third-order valence-corrected chi connectivity index (χ3v) is 3.39. The van der Waals surface area contributed by atoms with E-state index >= 15 is 0 Å². The Labute approximate surface area is 72.8 Å². The van der Waals surface area contributed by atoms with Crippen molar-refractivity contribution in [2.75, 3.05) is 18.8 Å². The molecule has 0 aliphatic carbocycles. The first-order chi connectivity index (χ1) is 5.34. The molecule has 0 aromatic heterocycles. The molecule has 1 rings (SSSR count). The van der Waals surface area contributed by atoms with Crippen molar-refractivity contribution >= 4 is 11.8 Å². The maximum absolute atomic E-state index is 9.40. The maximum atomic E-state index is 9.40. The Kier molecular flexibility index (Phi) is 4.26. The molecule has 0 saturated carbocycles. The lowest BCUT2D eigenvalue weighted by atomic mass is 10.3. The summed E-state index contributed by atoms with van der Waals surface area (Å²) in [7, 11) is 0. The van der Waals surface area contributed by atoms with E-state index in [0.717, 1.165) is 13.1 Å². The fourth-order valence-electron chi connectivity index (χ4n) is 1.19. The largest absolute Gasteiger partial charge is 0.391 e. The van der Waals surface area contributed by atoms with E-state index < -0.39 is 0 Å². The first kappa shape index (κ1) is 9.36. The highest BCUT2D eigenvalue weighted by Crippen LogP contribution is 2.18. The van der Waals surface area contributed by atoms with Crippen LogP contribution in [-0.4, -0.2) is 35.3 Å². The Morgan fingerprint density at radius 1 is 1.55 bits per heavy atom. The van der Waals surface area contributed by atoms with Crippen molar-refractivity contribution < 1.29 is 5.11 Å². The van der Waals surface area contributed by atoms with E-state index in [-0.39, 0.29) is 6.10 Å². The van der Waals surface area contributed by atoms with Gasteiger partial charge in [0.25, 0.3) is 0 Å². The van der Waals surface area contributed by atoms with Crippen molar-refractivity contribution in [2.24, 2.45) is 0 Å². The van der Waals surface area contributed by atoms with Crippen LogP contribution in [0.1, 0.15) is 19.8 Å². The van der Waals surface area contributed by atoms with E-state index in [2.05, 4.69) is 12.2 Å². The summed E-state index contributed by atoms with van der Waals surface area (Å²) in [6.45, 7) is 3.96. The van der Waals surface area contributed by atoms with Crippen molar-refractivity contribution in [2.45, 2.75) is 31.1 Å². The monoisotopic (exact) mass is 175 g/mol. The molecule has 2 N–H and O–H groups in total. The zero-order chi connectivity index (χ0) is 8.10. The number of β-amino-alcohol motifs (C(OH)–C–C–N with tert-alkyl or cyclic N) is 1. The van der Waals surface area contributed by atoms with E-state index in [9.17, 15) is 5.11 Å². The van der Waals surface area contributed by atoms with Crippen LogP contribution >= 0.6 is 11.8 Å². The van der Waals surface area contributed by atoms with Gasteiger partial charge in [0.15, 0.2) is 0 Å². The molecular weight excluding hydrogens is 158 g/mol. The van der Waals surface area contributed by atoms with Gasteiger partial charge in [-0.2, -0.15) is 11.8 Å². The van der Waals surface area contributed by atoms with Crippen LogP contribution in [0.5, 0.6) is 0 Å². The Morgan fingerprint density at radius 2 is 2.36 bits per heavy atom. The van der Waals surface area contributed by atoms with Gasteiger partial charge < -0.3 is 10.4 Å². The minimum Gasteiger partial charge on any atom is -0.391 e. The van der Waals surface area contributed by atoms with Crippen LogP contribution in [-0.2, 0) is 0 Å². The van der Waals surface area contributed by atoms with Crippen LogP contribution in [0, 0.1) is 0 Å². The minimum atomic E-state index is -0.114. The highest BCUT2D eigenvalue weighted by atomic mass is 32.2. The van der Waals surface area contributed by atoms with Gasteiger partial charge in [0.2, 0.25) is 0 Å². The van der Waals surface area contributed by atoms with Crippen LogP contribution in [0.2, 0.25) is 0 Å². The van der Waals surface area contributed by atoms with Crippen LogP contribution in [0.15, 0.2) is 0 Å². The summed E-state index contributed by atoms with van der Waals surface area (Å²) in [6, 6.07) is 0. The van der Waals surface area contributed by atoms with Gasteiger partial charge in [-0.3, -0.25) is 0 Å². The van der Waals surface area contributed by atoms with Crippen molar-refractivity contribution in [1.82, 2.24) is 5.32 Å². The molecule has 2 atom stereocenters. The summed E-state index contributed by atoms with van der Waals surface area (Å²) in [5, 5.41) is 13.0. The maximum Gasteiger partial charge on any atom is 0.0795 e. The van der Waals surface area contributed by atoms with Gasteiger partial charge in [-0.15, -0.1) is 0 Å². The minimum absolute atomic E-state index is 0.114. The van der Waals surface area contributed by atoms with E-state index in [1.165, 1.54) is 18.6 Å². The second-order valence-electron chi connectivity index (χ2n) is 2.99. The lowest BCUT2D eigenvalue weighted by molar-refractivity contribution is 0.201. The molecule has 2 unspecified atom stereocenters. The molecule has 1 aliphatic heterocycles. The van der Waals surface area contributed by atoms with Gasteiger partial charge in [0.1, 0.15) is 0 Å². The summed E-state index contributed by atoms with van der Waals surface area (Å²) in [6.07, 6.45) is 2.41. The normalized spacial score (nSPS) is 31.1. The molecule has 0 spiro atoms. The molecular formula is C8H17NOS. The fourth-order valence-corrected chi connectivity index (χ4v) is 2.50. The van der Waals surface area contributed by atoms with Crippen LogP contribution in [0.3, 0.4) is 0 Å². The number of aliphatic hydroxyl groups is 1. The standard InChI is InChI=1S/C8H17NOS/c1-2-3-4-11-8-6-9-5-7(8)10/h7-10H,2-6H2,1H3. The number of unbranched alkanes of at least 4 members (excludes halogenated alkanes) is 1. The average Bonchev–Trinajstić information content (AvgIpc) is 2.37. The summed E-state index contributed by atoms with van der Waals surface area (Å²) in [5.74, 6) is 1.19. The van der Waals surface area contributed by atoms with Crippen LogP contribution < -0.4 is 5.32 Å². The molecule has 0 radical (unpaired) electrons. The van der Waals surface area contributed by atoms with Crippen molar-refractivity contribution in [3.8, 4) is 0 Å². The van der Waals surface area contributed by atoms with Gasteiger partial charge in [0, 0.05) is 18.3 Å². The quantitative estimate of drug-likeness (QED) is 0.621. The van der Waals surface area contributed by atoms with E-state index in [0.29, 0.717) is 5.25 Å². The Bertz CT molecular complexity index is 110. The number of hydrogen-bond donors (Lipinski definition) is 2. The Hall–Kier alpha value is 0.270. The molecule has 1 fully saturated rings. The third kappa shape index (κ3) is 3.01. The molecule has 0 bridgehead atoms. The predicted octanol–water partition coefficient (Wildman–Crippen LogP) is 0.852. The number of rotatable bonds is 4. The second-order valence-corrected chi connectivity index (χ2v) is 4.34. The number of nitrogens with one attached hydrogen (secondary N) is 1. The van der Waals surface area contributed by atoms with Crippen molar-refractivity contribution in [3.05, 3.63) is 0 Å². The zero-order valence-electron chi connectivity index (χ0n) is 7.05. The summed E-state index contributed by atoms with van der Waals surface area (Å²) < 4.78 is 0. The molecule has 2 nitrogen and oxygen atoms in total. The Morgan fingerprint density at radius 3 is 2.91 bits per heavy atom. The molecule has 1 aliphatic rings. The zero-order valence-corrected chi connectivity index (χ0v) is 7.86. The van der Waals surface area contributed by atoms with Gasteiger partial charge in [-0.1, -0.05) is 13.3 Å². The number of thioether (sulfide) groups is 1. The average molecular weight is 175 g/mol. The summed E-state index contributed by atoms with van der Waals surface area (Å²) >= 11 is 1.90. The number of aliphatic hydroxyl groups excluding tert-OH is 1. The first-order valence-electron chi connectivity index (χ1n) is 4.35. The van der Waals surface area contributed by atoms with Gasteiger partial charge in [-0.05, 0) is 12.2 Å². The summed E-state index contributed by atoms with van der Waals surface area (Å²) in [4.78, 5) is 0. The van der Waals surface area contributed by atoms with Crippen molar-refractivity contribution in [3.63, 3.8) is 0 Å². The fraction of sp³-hybridized carbons (Fsp3) is 1.00. The van der Waals surface area contributed by atoms with E-state index in [1.54, 1.807) is 0 Å². The molecule has 3 heteroatoms. The van der Waals surface area contributed by atoms with Gasteiger partial charge in [-0.25, -0.2) is 0 Å². The molecule has 1 heterocycles. The molecule has 0 aromatic rings. The van der Waals surface area contributed by atoms with Gasteiger partial charge >= 0.3 is 0 Å². The highest BCUT2D eigenvalue weighted by Gasteiger charge is 2.24. The molecule has 0 amide bonds. The predicted molar refractivity (Wildman–Crippen MR) is 50.0 cm³/mol.